The maximum absolute atomic E-state index is 13.4. The predicted molar refractivity (Wildman–Crippen MR) is 151 cm³/mol. The van der Waals surface area contributed by atoms with E-state index in [0.29, 0.717) is 12.0 Å². The van der Waals surface area contributed by atoms with Crippen LogP contribution in [0.1, 0.15) is 79.0 Å². The third kappa shape index (κ3) is 5.47. The van der Waals surface area contributed by atoms with E-state index in [1.165, 1.54) is 11.1 Å². The van der Waals surface area contributed by atoms with Gasteiger partial charge in [-0.3, -0.25) is 9.59 Å². The number of pyridine rings is 1. The lowest BCUT2D eigenvalue weighted by atomic mass is 9.71. The van der Waals surface area contributed by atoms with Crippen molar-refractivity contribution in [2.24, 2.45) is 0 Å². The number of hydrogen-bond donors (Lipinski definition) is 2. The lowest BCUT2D eigenvalue weighted by Crippen LogP contribution is -2.35. The first kappa shape index (κ1) is 25.7. The minimum absolute atomic E-state index is 0.00852. The van der Waals surface area contributed by atoms with E-state index in [2.05, 4.69) is 43.4 Å². The molecule has 5 rings (SSSR count). The van der Waals surface area contributed by atoms with Crippen LogP contribution in [0.15, 0.2) is 78.9 Å². The van der Waals surface area contributed by atoms with Crippen LogP contribution >= 0.6 is 0 Å². The number of aryl methyl sites for hydroxylation is 1. The first-order valence-corrected chi connectivity index (χ1v) is 13.4. The van der Waals surface area contributed by atoms with Crippen molar-refractivity contribution in [3.05, 3.63) is 101 Å². The second kappa shape index (κ2) is 10.8. The lowest BCUT2D eigenvalue weighted by Gasteiger charge is -2.37. The van der Waals surface area contributed by atoms with Crippen molar-refractivity contribution in [2.45, 2.75) is 63.8 Å². The Bertz CT molecular complexity index is 1480. The Hall–Kier alpha value is -3.99. The van der Waals surface area contributed by atoms with Crippen LogP contribution in [0.3, 0.4) is 0 Å². The summed E-state index contributed by atoms with van der Waals surface area (Å²) in [5.41, 5.74) is 7.07. The van der Waals surface area contributed by atoms with Crippen molar-refractivity contribution in [1.82, 2.24) is 10.3 Å². The average Bonchev–Trinajstić information content (AvgIpc) is 2.92. The van der Waals surface area contributed by atoms with E-state index in [-0.39, 0.29) is 23.8 Å². The van der Waals surface area contributed by atoms with Gasteiger partial charge in [0.15, 0.2) is 0 Å². The van der Waals surface area contributed by atoms with Crippen molar-refractivity contribution >= 4 is 22.8 Å². The number of carbonyl (C=O) groups is 2. The van der Waals surface area contributed by atoms with Crippen molar-refractivity contribution < 1.29 is 14.7 Å². The monoisotopic (exact) mass is 506 g/mol. The average molecular weight is 507 g/mol. The number of carboxylic acid groups (broad SMARTS) is 1. The molecule has 0 radical (unpaired) electrons. The lowest BCUT2D eigenvalue weighted by molar-refractivity contribution is -0.137. The molecule has 0 spiro atoms. The Morgan fingerprint density at radius 1 is 0.974 bits per heavy atom. The smallest absolute Gasteiger partial charge is 0.303 e. The molecule has 1 unspecified atom stereocenters. The molecule has 4 aromatic rings. The summed E-state index contributed by atoms with van der Waals surface area (Å²) in [6, 6.07) is 26.3. The maximum atomic E-state index is 13.4. The predicted octanol–water partition coefficient (Wildman–Crippen LogP) is 7.24. The number of carboxylic acids is 1. The first-order chi connectivity index (χ1) is 18.3. The van der Waals surface area contributed by atoms with E-state index in [1.807, 2.05) is 54.6 Å². The molecular weight excluding hydrogens is 472 g/mol. The summed E-state index contributed by atoms with van der Waals surface area (Å²) >= 11 is 0. The number of carbonyl (C=O) groups excluding carboxylic acids is 1. The highest BCUT2D eigenvalue weighted by Crippen LogP contribution is 2.41. The largest absolute Gasteiger partial charge is 0.481 e. The number of nitrogens with one attached hydrogen (secondary N) is 1. The van der Waals surface area contributed by atoms with E-state index in [0.717, 1.165) is 53.4 Å². The van der Waals surface area contributed by atoms with E-state index in [1.54, 1.807) is 0 Å². The fraction of sp³-hybridized carbons (Fsp3) is 0.303. The number of unbranched alkanes of at least 4 members (excludes halogenated alkanes) is 1. The topological polar surface area (TPSA) is 79.3 Å². The van der Waals surface area contributed by atoms with Crippen LogP contribution in [0, 0.1) is 0 Å². The zero-order chi connectivity index (χ0) is 26.7. The zero-order valence-corrected chi connectivity index (χ0v) is 22.0. The minimum atomic E-state index is -0.773. The summed E-state index contributed by atoms with van der Waals surface area (Å²) in [5, 5.41) is 13.2. The highest BCUT2D eigenvalue weighted by Gasteiger charge is 2.33. The molecule has 5 heteroatoms. The third-order valence-corrected chi connectivity index (χ3v) is 7.72. The van der Waals surface area contributed by atoms with E-state index >= 15 is 0 Å². The van der Waals surface area contributed by atoms with Gasteiger partial charge in [0, 0.05) is 22.9 Å². The van der Waals surface area contributed by atoms with Gasteiger partial charge in [-0.05, 0) is 78.5 Å². The molecule has 0 bridgehead atoms. The molecular formula is C33H34N2O3. The molecule has 1 atom stereocenters. The van der Waals surface area contributed by atoms with E-state index in [4.69, 9.17) is 10.1 Å². The molecule has 1 amide bonds. The van der Waals surface area contributed by atoms with Crippen LogP contribution in [0.4, 0.5) is 0 Å². The molecule has 1 aliphatic rings. The Balaban J connectivity index is 1.43. The maximum Gasteiger partial charge on any atom is 0.303 e. The summed E-state index contributed by atoms with van der Waals surface area (Å²) in [7, 11) is 0. The molecule has 194 valence electrons. The van der Waals surface area contributed by atoms with Crippen molar-refractivity contribution in [1.29, 1.82) is 0 Å². The Morgan fingerprint density at radius 3 is 2.53 bits per heavy atom. The Morgan fingerprint density at radius 2 is 1.74 bits per heavy atom. The minimum Gasteiger partial charge on any atom is -0.481 e. The van der Waals surface area contributed by atoms with Crippen molar-refractivity contribution in [2.75, 3.05) is 0 Å². The van der Waals surface area contributed by atoms with Gasteiger partial charge in [-0.25, -0.2) is 4.98 Å². The van der Waals surface area contributed by atoms with Gasteiger partial charge in [0.25, 0.3) is 5.91 Å². The summed E-state index contributed by atoms with van der Waals surface area (Å²) in [6.45, 7) is 4.53. The fourth-order valence-corrected chi connectivity index (χ4v) is 5.59. The van der Waals surface area contributed by atoms with Crippen LogP contribution in [0.2, 0.25) is 0 Å². The number of benzene rings is 3. The van der Waals surface area contributed by atoms with Crippen LogP contribution < -0.4 is 5.32 Å². The van der Waals surface area contributed by atoms with Gasteiger partial charge >= 0.3 is 5.97 Å². The van der Waals surface area contributed by atoms with Gasteiger partial charge < -0.3 is 10.4 Å². The quantitative estimate of drug-likeness (QED) is 0.247. The molecule has 3 aromatic carbocycles. The zero-order valence-electron chi connectivity index (χ0n) is 22.0. The van der Waals surface area contributed by atoms with Crippen LogP contribution in [0.5, 0.6) is 0 Å². The van der Waals surface area contributed by atoms with Gasteiger partial charge in [-0.1, -0.05) is 68.4 Å². The van der Waals surface area contributed by atoms with Crippen LogP contribution in [0.25, 0.3) is 22.2 Å². The normalized spacial score (nSPS) is 16.1. The number of fused-ring (bicyclic) bond motifs is 2. The van der Waals surface area contributed by atoms with Crippen LogP contribution in [-0.4, -0.2) is 22.0 Å². The van der Waals surface area contributed by atoms with Gasteiger partial charge in [-0.15, -0.1) is 0 Å². The fourth-order valence-electron chi connectivity index (χ4n) is 5.59. The molecule has 0 fully saturated rings. The Labute approximate surface area is 223 Å². The molecule has 0 saturated carbocycles. The molecule has 1 aliphatic carbocycles. The molecule has 0 aliphatic heterocycles. The number of aromatic nitrogens is 1. The van der Waals surface area contributed by atoms with Gasteiger partial charge in [0.05, 0.1) is 17.3 Å². The molecule has 0 saturated heterocycles. The first-order valence-electron chi connectivity index (χ1n) is 13.4. The number of amides is 1. The van der Waals surface area contributed by atoms with E-state index < -0.39 is 5.97 Å². The summed E-state index contributed by atoms with van der Waals surface area (Å²) < 4.78 is 0. The van der Waals surface area contributed by atoms with E-state index in [9.17, 15) is 9.59 Å². The summed E-state index contributed by atoms with van der Waals surface area (Å²) in [4.78, 5) is 29.3. The Kier molecular flexibility index (Phi) is 7.28. The molecule has 5 nitrogen and oxygen atoms in total. The SMILES string of the molecule is CC1(C)CCC(NC(=O)c2ccc3nc(-c4ccccc4)c(CCCCC(=O)O)cc3c2)c2ccccc21. The number of hydrogen-bond acceptors (Lipinski definition) is 3. The summed E-state index contributed by atoms with van der Waals surface area (Å²) in [5.74, 6) is -0.855. The van der Waals surface area contributed by atoms with Gasteiger partial charge in [0.2, 0.25) is 0 Å². The third-order valence-electron chi connectivity index (χ3n) is 7.72. The van der Waals surface area contributed by atoms with Gasteiger partial charge in [-0.2, -0.15) is 0 Å². The van der Waals surface area contributed by atoms with Gasteiger partial charge in [0.1, 0.15) is 0 Å². The second-order valence-electron chi connectivity index (χ2n) is 10.9. The number of rotatable bonds is 8. The van der Waals surface area contributed by atoms with Crippen LogP contribution in [-0.2, 0) is 16.6 Å². The highest BCUT2D eigenvalue weighted by atomic mass is 16.4. The molecule has 1 heterocycles. The standard InChI is InChI=1S/C33H34N2O3/c1-33(2)19-18-29(26-13-7-8-14-27(26)33)35-32(38)24-16-17-28-25(21-24)20-23(12-6-9-15-30(36)37)31(34-28)22-10-4-3-5-11-22/h3-5,7-8,10-11,13-14,16-17,20-21,29H,6,9,12,15,18-19H2,1-2H3,(H,35,38)(H,36,37). The number of aliphatic carboxylic acids is 1. The van der Waals surface area contributed by atoms with Crippen molar-refractivity contribution in [3.63, 3.8) is 0 Å². The molecule has 1 aromatic heterocycles. The summed E-state index contributed by atoms with van der Waals surface area (Å²) in [6.07, 6.45) is 4.19. The molecule has 2 N–H and O–H groups in total. The second-order valence-corrected chi connectivity index (χ2v) is 10.9. The molecule has 38 heavy (non-hydrogen) atoms. The highest BCUT2D eigenvalue weighted by molar-refractivity contribution is 5.98. The number of nitrogens with zero attached hydrogens (tertiary/aromatic N) is 1. The van der Waals surface area contributed by atoms with Crippen molar-refractivity contribution in [3.8, 4) is 11.3 Å².